The molecule has 1 heterocycles. The Labute approximate surface area is 106 Å². The van der Waals surface area contributed by atoms with Crippen molar-refractivity contribution in [2.24, 2.45) is 12.8 Å². The predicted molar refractivity (Wildman–Crippen MR) is 71.3 cm³/mol. The summed E-state index contributed by atoms with van der Waals surface area (Å²) in [4.78, 5) is 10.8. The zero-order valence-corrected chi connectivity index (χ0v) is 10.5. The number of carboxylic acid groups (broad SMARTS) is 1. The molecule has 0 aromatic carbocycles. The average Bonchev–Trinajstić information content (AvgIpc) is 2.66. The van der Waals surface area contributed by atoms with Gasteiger partial charge in [0.15, 0.2) is 0 Å². The quantitative estimate of drug-likeness (QED) is 0.558. The van der Waals surface area contributed by atoms with Crippen molar-refractivity contribution in [3.05, 3.63) is 42.0 Å². The Morgan fingerprint density at radius 2 is 2.33 bits per heavy atom. The van der Waals surface area contributed by atoms with Crippen LogP contribution in [0.1, 0.15) is 10.5 Å². The maximum absolute atomic E-state index is 10.8. The lowest BCUT2D eigenvalue weighted by Crippen LogP contribution is -2.03. The number of nitrogens with two attached hydrogens (primary N) is 1. The third kappa shape index (κ3) is 3.89. The van der Waals surface area contributed by atoms with Gasteiger partial charge in [0, 0.05) is 38.7 Å². The van der Waals surface area contributed by atoms with Gasteiger partial charge in [0.25, 0.3) is 0 Å². The Hall–Kier alpha value is -2.37. The van der Waals surface area contributed by atoms with E-state index in [4.69, 9.17) is 10.8 Å². The van der Waals surface area contributed by atoms with E-state index in [1.165, 1.54) is 0 Å². The highest BCUT2D eigenvalue weighted by Gasteiger charge is 2.08. The molecule has 5 N–H and O–H groups in total. The van der Waals surface area contributed by atoms with Crippen molar-refractivity contribution in [2.45, 2.75) is 0 Å². The van der Waals surface area contributed by atoms with Crippen LogP contribution in [0.25, 0.3) is 0 Å². The second-order valence-electron chi connectivity index (χ2n) is 3.75. The number of carbonyl (C=O) groups is 1. The summed E-state index contributed by atoms with van der Waals surface area (Å²) in [5.41, 5.74) is 7.26. The first-order valence-electron chi connectivity index (χ1n) is 5.47. The van der Waals surface area contributed by atoms with Gasteiger partial charge in [-0.2, -0.15) is 0 Å². The third-order valence-electron chi connectivity index (χ3n) is 2.27. The average molecular weight is 250 g/mol. The van der Waals surface area contributed by atoms with Crippen molar-refractivity contribution in [3.63, 3.8) is 0 Å². The molecule has 6 nitrogen and oxygen atoms in total. The van der Waals surface area contributed by atoms with Crippen LogP contribution in [-0.4, -0.2) is 29.2 Å². The maximum atomic E-state index is 10.8. The maximum Gasteiger partial charge on any atom is 0.352 e. The molecule has 0 aliphatic rings. The number of hydrogen-bond acceptors (Lipinski definition) is 4. The number of carboxylic acids is 1. The van der Waals surface area contributed by atoms with E-state index in [-0.39, 0.29) is 5.69 Å². The zero-order chi connectivity index (χ0) is 13.5. The summed E-state index contributed by atoms with van der Waals surface area (Å²) in [6.07, 6.45) is 7.03. The number of aromatic nitrogens is 1. The molecule has 0 spiro atoms. The Kier molecular flexibility index (Phi) is 4.86. The molecule has 0 fully saturated rings. The van der Waals surface area contributed by atoms with Gasteiger partial charge in [0.1, 0.15) is 5.69 Å². The molecule has 1 aromatic heterocycles. The predicted octanol–water partition coefficient (Wildman–Crippen LogP) is 0.711. The van der Waals surface area contributed by atoms with Gasteiger partial charge >= 0.3 is 5.97 Å². The van der Waals surface area contributed by atoms with Gasteiger partial charge in [-0.3, -0.25) is 0 Å². The van der Waals surface area contributed by atoms with E-state index in [9.17, 15) is 4.79 Å². The molecule has 18 heavy (non-hydrogen) atoms. The van der Waals surface area contributed by atoms with Crippen molar-refractivity contribution in [1.29, 1.82) is 0 Å². The molecule has 98 valence electrons. The second kappa shape index (κ2) is 6.39. The number of rotatable bonds is 6. The first kappa shape index (κ1) is 13.7. The number of nitrogens with zero attached hydrogens (tertiary/aromatic N) is 1. The molecule has 0 atom stereocenters. The summed E-state index contributed by atoms with van der Waals surface area (Å²) in [5.74, 6) is -0.942. The highest BCUT2D eigenvalue weighted by atomic mass is 16.4. The van der Waals surface area contributed by atoms with E-state index in [2.05, 4.69) is 10.6 Å². The van der Waals surface area contributed by atoms with E-state index < -0.39 is 5.97 Å². The summed E-state index contributed by atoms with van der Waals surface area (Å²) in [6, 6.07) is 1.59. The summed E-state index contributed by atoms with van der Waals surface area (Å²) in [7, 11) is 3.47. The zero-order valence-electron chi connectivity index (χ0n) is 10.5. The van der Waals surface area contributed by atoms with Gasteiger partial charge in [-0.1, -0.05) is 6.08 Å². The number of allylic oxidation sites excluding steroid dienone is 1. The van der Waals surface area contributed by atoms with E-state index in [1.54, 1.807) is 43.2 Å². The third-order valence-corrected chi connectivity index (χ3v) is 2.27. The van der Waals surface area contributed by atoms with Crippen molar-refractivity contribution in [2.75, 3.05) is 18.9 Å². The SMILES string of the molecule is CN/C=C(/N)C=CCNc1cc(C(=O)O)n(C)c1. The normalized spacial score (nSPS) is 11.8. The first-order valence-corrected chi connectivity index (χ1v) is 5.47. The fourth-order valence-electron chi connectivity index (χ4n) is 1.46. The minimum absolute atomic E-state index is 0.246. The van der Waals surface area contributed by atoms with Crippen molar-refractivity contribution >= 4 is 11.7 Å². The molecule has 6 heteroatoms. The number of anilines is 1. The molecule has 0 amide bonds. The fourth-order valence-corrected chi connectivity index (χ4v) is 1.46. The minimum atomic E-state index is -0.942. The molecule has 0 bridgehead atoms. The van der Waals surface area contributed by atoms with Gasteiger partial charge in [0.05, 0.1) is 5.69 Å². The molecule has 0 radical (unpaired) electrons. The fraction of sp³-hybridized carbons (Fsp3) is 0.250. The topological polar surface area (TPSA) is 92.3 Å². The molecule has 0 unspecified atom stereocenters. The number of aryl methyl sites for hydroxylation is 1. The van der Waals surface area contributed by atoms with E-state index in [0.29, 0.717) is 12.2 Å². The summed E-state index contributed by atoms with van der Waals surface area (Å²) in [6.45, 7) is 0.571. The van der Waals surface area contributed by atoms with E-state index in [0.717, 1.165) is 5.69 Å². The van der Waals surface area contributed by atoms with Gasteiger partial charge in [0.2, 0.25) is 0 Å². The number of nitrogens with one attached hydrogen (secondary N) is 2. The molecule has 0 saturated carbocycles. The lowest BCUT2D eigenvalue weighted by Gasteiger charge is -1.98. The van der Waals surface area contributed by atoms with Crippen LogP contribution in [0, 0.1) is 0 Å². The van der Waals surface area contributed by atoms with Crippen molar-refractivity contribution in [3.8, 4) is 0 Å². The standard InChI is InChI=1S/C12H18N4O2/c1-14-7-9(13)4-3-5-15-10-6-11(12(17)18)16(2)8-10/h3-4,6-8,14-15H,5,13H2,1-2H3,(H,17,18)/b4-3?,9-7+. The molecular formula is C12H18N4O2. The van der Waals surface area contributed by atoms with Gasteiger partial charge in [-0.15, -0.1) is 0 Å². The summed E-state index contributed by atoms with van der Waals surface area (Å²) in [5, 5.41) is 14.8. The summed E-state index contributed by atoms with van der Waals surface area (Å²) < 4.78 is 1.56. The molecular weight excluding hydrogens is 232 g/mol. The lowest BCUT2D eigenvalue weighted by atomic mass is 10.4. The lowest BCUT2D eigenvalue weighted by molar-refractivity contribution is 0.0686. The highest BCUT2D eigenvalue weighted by Crippen LogP contribution is 2.12. The van der Waals surface area contributed by atoms with Crippen LogP contribution >= 0.6 is 0 Å². The molecule has 0 saturated heterocycles. The Morgan fingerprint density at radius 3 is 2.89 bits per heavy atom. The van der Waals surface area contributed by atoms with Crippen LogP contribution in [0.2, 0.25) is 0 Å². The van der Waals surface area contributed by atoms with Gasteiger partial charge < -0.3 is 26.0 Å². The first-order chi connectivity index (χ1) is 8.54. The molecule has 1 aromatic rings. The van der Waals surface area contributed by atoms with Crippen LogP contribution in [0.3, 0.4) is 0 Å². The Bertz CT molecular complexity index is 474. The Balaban J connectivity index is 2.52. The van der Waals surface area contributed by atoms with Crippen molar-refractivity contribution in [1.82, 2.24) is 9.88 Å². The van der Waals surface area contributed by atoms with Gasteiger partial charge in [-0.05, 0) is 12.1 Å². The largest absolute Gasteiger partial charge is 0.477 e. The molecule has 1 rings (SSSR count). The minimum Gasteiger partial charge on any atom is -0.477 e. The van der Waals surface area contributed by atoms with Gasteiger partial charge in [-0.25, -0.2) is 4.79 Å². The molecule has 0 aliphatic heterocycles. The highest BCUT2D eigenvalue weighted by molar-refractivity contribution is 5.87. The van der Waals surface area contributed by atoms with Crippen LogP contribution in [0.4, 0.5) is 5.69 Å². The number of aromatic carboxylic acids is 1. The second-order valence-corrected chi connectivity index (χ2v) is 3.75. The smallest absolute Gasteiger partial charge is 0.352 e. The Morgan fingerprint density at radius 1 is 1.61 bits per heavy atom. The van der Waals surface area contributed by atoms with Crippen LogP contribution in [0.15, 0.2) is 36.3 Å². The molecule has 0 aliphatic carbocycles. The summed E-state index contributed by atoms with van der Waals surface area (Å²) >= 11 is 0. The van der Waals surface area contributed by atoms with Crippen LogP contribution in [-0.2, 0) is 7.05 Å². The van der Waals surface area contributed by atoms with E-state index in [1.807, 2.05) is 6.08 Å². The van der Waals surface area contributed by atoms with Crippen molar-refractivity contribution < 1.29 is 9.90 Å². The van der Waals surface area contributed by atoms with Crippen LogP contribution < -0.4 is 16.4 Å². The number of hydrogen-bond donors (Lipinski definition) is 4. The van der Waals surface area contributed by atoms with E-state index >= 15 is 0 Å². The monoisotopic (exact) mass is 250 g/mol. The van der Waals surface area contributed by atoms with Crippen LogP contribution in [0.5, 0.6) is 0 Å².